The molecule has 2 rings (SSSR count). The second kappa shape index (κ2) is 3.78. The third-order valence-electron chi connectivity index (χ3n) is 2.90. The van der Waals surface area contributed by atoms with Crippen molar-refractivity contribution in [1.29, 1.82) is 0 Å². The number of hydrogen-bond donors (Lipinski definition) is 1. The first kappa shape index (κ1) is 12.5. The third-order valence-corrected chi connectivity index (χ3v) is 3.12. The Balaban J connectivity index is 2.45. The summed E-state index contributed by atoms with van der Waals surface area (Å²) >= 11 is 5.70. The SMILES string of the molecule is COc1c(F)cc(Cl)cc1C1(N)CC(F)(F)C1. The van der Waals surface area contributed by atoms with Gasteiger partial charge in [-0.2, -0.15) is 0 Å². The van der Waals surface area contributed by atoms with E-state index in [0.717, 1.165) is 6.07 Å². The van der Waals surface area contributed by atoms with Crippen LogP contribution in [0.4, 0.5) is 13.2 Å². The van der Waals surface area contributed by atoms with Crippen LogP contribution in [0.1, 0.15) is 18.4 Å². The number of rotatable bonds is 2. The molecule has 1 aliphatic carbocycles. The maximum Gasteiger partial charge on any atom is 0.252 e. The highest BCUT2D eigenvalue weighted by atomic mass is 35.5. The molecule has 1 saturated carbocycles. The zero-order chi connectivity index (χ0) is 12.8. The van der Waals surface area contributed by atoms with Crippen molar-refractivity contribution in [2.45, 2.75) is 24.3 Å². The van der Waals surface area contributed by atoms with Crippen LogP contribution < -0.4 is 10.5 Å². The van der Waals surface area contributed by atoms with E-state index >= 15 is 0 Å². The molecule has 2 N–H and O–H groups in total. The van der Waals surface area contributed by atoms with Crippen molar-refractivity contribution in [3.8, 4) is 5.75 Å². The largest absolute Gasteiger partial charge is 0.493 e. The second-order valence-electron chi connectivity index (χ2n) is 4.33. The molecule has 0 saturated heterocycles. The highest BCUT2D eigenvalue weighted by Gasteiger charge is 2.56. The predicted octanol–water partition coefficient (Wildman–Crippen LogP) is 3.07. The van der Waals surface area contributed by atoms with Crippen LogP contribution in [0.15, 0.2) is 12.1 Å². The highest BCUT2D eigenvalue weighted by Crippen LogP contribution is 2.52. The molecule has 0 radical (unpaired) electrons. The molecule has 17 heavy (non-hydrogen) atoms. The fourth-order valence-corrected chi connectivity index (χ4v) is 2.40. The van der Waals surface area contributed by atoms with Gasteiger partial charge in [-0.3, -0.25) is 0 Å². The molecule has 1 aromatic rings. The van der Waals surface area contributed by atoms with E-state index < -0.39 is 30.1 Å². The molecule has 1 aromatic carbocycles. The molecule has 0 unspecified atom stereocenters. The van der Waals surface area contributed by atoms with Crippen LogP contribution in [-0.4, -0.2) is 13.0 Å². The highest BCUT2D eigenvalue weighted by molar-refractivity contribution is 6.30. The number of nitrogens with two attached hydrogens (primary N) is 1. The number of methoxy groups -OCH3 is 1. The Kier molecular flexibility index (Phi) is 2.78. The van der Waals surface area contributed by atoms with Crippen LogP contribution >= 0.6 is 11.6 Å². The maximum absolute atomic E-state index is 13.5. The lowest BCUT2D eigenvalue weighted by Gasteiger charge is -2.45. The van der Waals surface area contributed by atoms with Crippen molar-refractivity contribution in [1.82, 2.24) is 0 Å². The first-order valence-electron chi connectivity index (χ1n) is 4.98. The van der Waals surface area contributed by atoms with Crippen LogP contribution in [0, 0.1) is 5.82 Å². The Labute approximate surface area is 102 Å². The molecule has 0 heterocycles. The van der Waals surface area contributed by atoms with Crippen molar-refractivity contribution >= 4 is 11.6 Å². The van der Waals surface area contributed by atoms with Crippen LogP contribution in [0.3, 0.4) is 0 Å². The molecule has 94 valence electrons. The number of hydrogen-bond acceptors (Lipinski definition) is 2. The average molecular weight is 266 g/mol. The summed E-state index contributed by atoms with van der Waals surface area (Å²) in [6.45, 7) is 0. The van der Waals surface area contributed by atoms with Crippen LogP contribution in [0.25, 0.3) is 0 Å². The molecule has 2 nitrogen and oxygen atoms in total. The minimum atomic E-state index is -2.81. The first-order valence-corrected chi connectivity index (χ1v) is 5.35. The molecule has 0 spiro atoms. The van der Waals surface area contributed by atoms with E-state index in [1.165, 1.54) is 13.2 Å². The van der Waals surface area contributed by atoms with Crippen LogP contribution in [-0.2, 0) is 5.54 Å². The van der Waals surface area contributed by atoms with Gasteiger partial charge in [0.1, 0.15) is 0 Å². The van der Waals surface area contributed by atoms with Crippen molar-refractivity contribution in [2.75, 3.05) is 7.11 Å². The van der Waals surface area contributed by atoms with Gasteiger partial charge in [0.25, 0.3) is 5.92 Å². The van der Waals surface area contributed by atoms with Gasteiger partial charge in [-0.25, -0.2) is 13.2 Å². The summed E-state index contributed by atoms with van der Waals surface area (Å²) in [6, 6.07) is 2.43. The molecule has 0 bridgehead atoms. The van der Waals surface area contributed by atoms with E-state index in [0.29, 0.717) is 0 Å². The Bertz CT molecular complexity index is 456. The van der Waals surface area contributed by atoms with Gasteiger partial charge in [-0.1, -0.05) is 11.6 Å². The normalized spacial score (nSPS) is 20.8. The molecule has 1 fully saturated rings. The third kappa shape index (κ3) is 2.09. The Morgan fingerprint density at radius 3 is 2.41 bits per heavy atom. The van der Waals surface area contributed by atoms with Gasteiger partial charge in [-0.15, -0.1) is 0 Å². The van der Waals surface area contributed by atoms with Crippen LogP contribution in [0.2, 0.25) is 5.02 Å². The lowest BCUT2D eigenvalue weighted by Crippen LogP contribution is -2.55. The minimum Gasteiger partial charge on any atom is -0.493 e. The zero-order valence-corrected chi connectivity index (χ0v) is 9.82. The second-order valence-corrected chi connectivity index (χ2v) is 4.77. The van der Waals surface area contributed by atoms with Gasteiger partial charge in [0.15, 0.2) is 11.6 Å². The van der Waals surface area contributed by atoms with E-state index in [1.807, 2.05) is 0 Å². The molecule has 0 atom stereocenters. The number of ether oxygens (including phenoxy) is 1. The van der Waals surface area contributed by atoms with Gasteiger partial charge >= 0.3 is 0 Å². The Hall–Kier alpha value is -0.940. The standard InChI is InChI=1S/C11H11ClF3NO/c1-17-9-7(2-6(12)3-8(9)13)10(16)4-11(14,15)5-10/h2-3H,4-5,16H2,1H3. The number of benzene rings is 1. The van der Waals surface area contributed by atoms with E-state index in [9.17, 15) is 13.2 Å². The summed E-state index contributed by atoms with van der Waals surface area (Å²) < 4.78 is 44.2. The number of alkyl halides is 2. The molecular formula is C11H11ClF3NO. The lowest BCUT2D eigenvalue weighted by atomic mass is 9.69. The fraction of sp³-hybridized carbons (Fsp3) is 0.455. The fourth-order valence-electron chi connectivity index (χ4n) is 2.20. The summed E-state index contributed by atoms with van der Waals surface area (Å²) in [7, 11) is 1.26. The van der Waals surface area contributed by atoms with E-state index in [1.54, 1.807) is 0 Å². The predicted molar refractivity (Wildman–Crippen MR) is 58.0 cm³/mol. The van der Waals surface area contributed by atoms with Gasteiger partial charge in [0.05, 0.1) is 12.6 Å². The molecule has 6 heteroatoms. The number of halogens is 4. The summed E-state index contributed by atoms with van der Waals surface area (Å²) in [4.78, 5) is 0. The van der Waals surface area contributed by atoms with Crippen molar-refractivity contribution < 1.29 is 17.9 Å². The van der Waals surface area contributed by atoms with Crippen molar-refractivity contribution in [3.05, 3.63) is 28.5 Å². The van der Waals surface area contributed by atoms with Crippen molar-refractivity contribution in [3.63, 3.8) is 0 Å². The van der Waals surface area contributed by atoms with Crippen LogP contribution in [0.5, 0.6) is 5.75 Å². The first-order chi connectivity index (χ1) is 7.77. The molecule has 0 aliphatic heterocycles. The van der Waals surface area contributed by atoms with Gasteiger partial charge in [0, 0.05) is 23.4 Å². The summed E-state index contributed by atoms with van der Waals surface area (Å²) in [5.74, 6) is -3.62. The summed E-state index contributed by atoms with van der Waals surface area (Å²) in [6.07, 6.45) is -1.06. The molecule has 0 aromatic heterocycles. The Morgan fingerprint density at radius 1 is 1.35 bits per heavy atom. The maximum atomic E-state index is 13.5. The molecule has 1 aliphatic rings. The molecule has 0 amide bonds. The smallest absolute Gasteiger partial charge is 0.252 e. The van der Waals surface area contributed by atoms with Gasteiger partial charge in [0.2, 0.25) is 0 Å². The summed E-state index contributed by atoms with van der Waals surface area (Å²) in [5.41, 5.74) is 4.74. The lowest BCUT2D eigenvalue weighted by molar-refractivity contribution is -0.125. The molecular weight excluding hydrogens is 255 g/mol. The van der Waals surface area contributed by atoms with E-state index in [-0.39, 0.29) is 16.3 Å². The quantitative estimate of drug-likeness (QED) is 0.892. The van der Waals surface area contributed by atoms with Gasteiger partial charge in [-0.05, 0) is 12.1 Å². The van der Waals surface area contributed by atoms with E-state index in [4.69, 9.17) is 22.1 Å². The Morgan fingerprint density at radius 2 is 1.94 bits per heavy atom. The minimum absolute atomic E-state index is 0.110. The zero-order valence-electron chi connectivity index (χ0n) is 9.07. The van der Waals surface area contributed by atoms with Crippen molar-refractivity contribution in [2.24, 2.45) is 5.73 Å². The summed E-state index contributed by atoms with van der Waals surface area (Å²) in [5, 5.41) is 0.110. The van der Waals surface area contributed by atoms with E-state index in [2.05, 4.69) is 0 Å². The average Bonchev–Trinajstić information content (AvgIpc) is 2.13. The topological polar surface area (TPSA) is 35.2 Å². The van der Waals surface area contributed by atoms with Gasteiger partial charge < -0.3 is 10.5 Å². The monoisotopic (exact) mass is 265 g/mol.